The number of anilines is 1. The largest absolute Gasteiger partial charge is 0.492 e. The number of nitrogens with one attached hydrogen (secondary N) is 1. The van der Waals surface area contributed by atoms with Crippen LogP contribution < -0.4 is 10.1 Å². The third-order valence-electron chi connectivity index (χ3n) is 4.81. The molecule has 0 aliphatic carbocycles. The molecule has 9 heteroatoms. The smallest absolute Gasteiger partial charge is 0.243 e. The summed E-state index contributed by atoms with van der Waals surface area (Å²) in [6.07, 6.45) is 1.79. The normalized spacial score (nSPS) is 14.8. The van der Waals surface area contributed by atoms with Crippen LogP contribution in [0.25, 0.3) is 0 Å². The molecule has 1 aliphatic heterocycles. The second kappa shape index (κ2) is 10.3. The first-order valence-electron chi connectivity index (χ1n) is 9.81. The molecule has 0 unspecified atom stereocenters. The minimum atomic E-state index is -3.45. The van der Waals surface area contributed by atoms with E-state index in [2.05, 4.69) is 5.32 Å². The highest BCUT2D eigenvalue weighted by Crippen LogP contribution is 2.22. The van der Waals surface area contributed by atoms with Crippen molar-refractivity contribution in [1.82, 2.24) is 9.21 Å². The van der Waals surface area contributed by atoms with E-state index in [1.165, 1.54) is 16.4 Å². The molecule has 1 aliphatic rings. The first-order valence-corrected chi connectivity index (χ1v) is 11.6. The number of rotatable bonds is 9. The Bertz CT molecular complexity index is 943. The predicted octanol–water partition coefficient (Wildman–Crippen LogP) is 3.07. The first kappa shape index (κ1) is 22.6. The summed E-state index contributed by atoms with van der Waals surface area (Å²) in [5, 5.41) is 3.44. The third-order valence-corrected chi connectivity index (χ3v) is 6.97. The maximum absolute atomic E-state index is 12.5. The minimum Gasteiger partial charge on any atom is -0.492 e. The molecule has 0 radical (unpaired) electrons. The number of hydrogen-bond donors (Lipinski definition) is 1. The lowest BCUT2D eigenvalue weighted by molar-refractivity contribution is -0.117. The molecule has 7 nitrogen and oxygen atoms in total. The second-order valence-electron chi connectivity index (χ2n) is 7.22. The lowest BCUT2D eigenvalue weighted by Crippen LogP contribution is -2.33. The summed E-state index contributed by atoms with van der Waals surface area (Å²) in [4.78, 5) is 14.3. The summed E-state index contributed by atoms with van der Waals surface area (Å²) in [5.41, 5.74) is 0.561. The molecule has 1 amide bonds. The van der Waals surface area contributed by atoms with Gasteiger partial charge in [0.1, 0.15) is 12.4 Å². The number of hydrogen-bond acceptors (Lipinski definition) is 5. The van der Waals surface area contributed by atoms with Crippen molar-refractivity contribution in [2.45, 2.75) is 17.7 Å². The van der Waals surface area contributed by atoms with E-state index in [0.29, 0.717) is 37.0 Å². The van der Waals surface area contributed by atoms with Crippen LogP contribution in [0.15, 0.2) is 53.4 Å². The van der Waals surface area contributed by atoms with Crippen LogP contribution in [0.3, 0.4) is 0 Å². The molecule has 3 rings (SSSR count). The number of benzene rings is 2. The number of amides is 1. The molecule has 0 saturated carbocycles. The molecule has 2 aromatic carbocycles. The number of halogens is 1. The Balaban J connectivity index is 1.44. The van der Waals surface area contributed by atoms with Crippen molar-refractivity contribution < 1.29 is 17.9 Å². The molecule has 162 valence electrons. The highest BCUT2D eigenvalue weighted by Gasteiger charge is 2.26. The van der Waals surface area contributed by atoms with Gasteiger partial charge in [0.25, 0.3) is 0 Å². The van der Waals surface area contributed by atoms with Crippen LogP contribution in [-0.4, -0.2) is 63.4 Å². The van der Waals surface area contributed by atoms with Gasteiger partial charge in [-0.3, -0.25) is 9.69 Å². The molecular formula is C21H26ClN3O4S. The van der Waals surface area contributed by atoms with Gasteiger partial charge in [0.15, 0.2) is 0 Å². The summed E-state index contributed by atoms with van der Waals surface area (Å²) in [5.74, 6) is 0.542. The van der Waals surface area contributed by atoms with E-state index in [0.717, 1.165) is 18.6 Å². The zero-order chi connectivity index (χ0) is 21.6. The summed E-state index contributed by atoms with van der Waals surface area (Å²) < 4.78 is 32.2. The average Bonchev–Trinajstić information content (AvgIpc) is 3.25. The number of nitrogens with zero attached hydrogens (tertiary/aromatic N) is 2. The topological polar surface area (TPSA) is 79.0 Å². The Kier molecular flexibility index (Phi) is 7.71. The van der Waals surface area contributed by atoms with Crippen molar-refractivity contribution in [3.63, 3.8) is 0 Å². The fourth-order valence-corrected chi connectivity index (χ4v) is 4.81. The fourth-order valence-electron chi connectivity index (χ4n) is 3.16. The third kappa shape index (κ3) is 6.18. The van der Waals surface area contributed by atoms with Gasteiger partial charge in [-0.15, -0.1) is 0 Å². The highest BCUT2D eigenvalue weighted by atomic mass is 35.5. The molecule has 0 bridgehead atoms. The Morgan fingerprint density at radius 1 is 1.10 bits per heavy atom. The maximum atomic E-state index is 12.5. The fraction of sp³-hybridized carbons (Fsp3) is 0.381. The SMILES string of the molecule is CN(CCOc1ccc(Cl)cc1)CC(=O)Nc1ccc(S(=O)(=O)N2CCCC2)cc1. The molecule has 1 saturated heterocycles. The standard InChI is InChI=1S/C21H26ClN3O4S/c1-24(14-15-29-19-8-4-17(22)5-9-19)16-21(26)23-18-6-10-20(11-7-18)30(27,28)25-12-2-3-13-25/h4-11H,2-3,12-16H2,1H3,(H,23,26). The van der Waals surface area contributed by atoms with Crippen molar-refractivity contribution in [3.8, 4) is 5.75 Å². The lowest BCUT2D eigenvalue weighted by Gasteiger charge is -2.17. The van der Waals surface area contributed by atoms with Gasteiger partial charge in [-0.2, -0.15) is 4.31 Å². The highest BCUT2D eigenvalue weighted by molar-refractivity contribution is 7.89. The average molecular weight is 452 g/mol. The number of likely N-dealkylation sites (N-methyl/N-ethyl adjacent to an activating group) is 1. The van der Waals surface area contributed by atoms with Gasteiger partial charge in [0, 0.05) is 30.3 Å². The molecule has 0 aromatic heterocycles. The zero-order valence-electron chi connectivity index (χ0n) is 16.9. The molecule has 1 fully saturated rings. The monoisotopic (exact) mass is 451 g/mol. The zero-order valence-corrected chi connectivity index (χ0v) is 18.5. The molecule has 30 heavy (non-hydrogen) atoms. The summed E-state index contributed by atoms with van der Waals surface area (Å²) in [6.45, 7) is 2.33. The van der Waals surface area contributed by atoms with E-state index in [1.807, 2.05) is 11.9 Å². The van der Waals surface area contributed by atoms with Crippen LogP contribution in [0.5, 0.6) is 5.75 Å². The number of ether oxygens (including phenoxy) is 1. The summed E-state index contributed by atoms with van der Waals surface area (Å²) >= 11 is 5.84. The molecule has 0 spiro atoms. The maximum Gasteiger partial charge on any atom is 0.243 e. The molecule has 2 aromatic rings. The van der Waals surface area contributed by atoms with Gasteiger partial charge in [-0.25, -0.2) is 8.42 Å². The predicted molar refractivity (Wildman–Crippen MR) is 118 cm³/mol. The Hall–Kier alpha value is -2.13. The van der Waals surface area contributed by atoms with E-state index in [9.17, 15) is 13.2 Å². The van der Waals surface area contributed by atoms with Crippen molar-refractivity contribution in [2.24, 2.45) is 0 Å². The van der Waals surface area contributed by atoms with Crippen molar-refractivity contribution in [3.05, 3.63) is 53.6 Å². The van der Waals surface area contributed by atoms with Crippen LogP contribution in [0.1, 0.15) is 12.8 Å². The van der Waals surface area contributed by atoms with Gasteiger partial charge in [0.05, 0.1) is 11.4 Å². The van der Waals surface area contributed by atoms with Crippen LogP contribution in [-0.2, 0) is 14.8 Å². The van der Waals surface area contributed by atoms with Crippen molar-refractivity contribution in [1.29, 1.82) is 0 Å². The van der Waals surface area contributed by atoms with Gasteiger partial charge in [-0.05, 0) is 68.4 Å². The van der Waals surface area contributed by atoms with Crippen LogP contribution in [0.4, 0.5) is 5.69 Å². The van der Waals surface area contributed by atoms with E-state index < -0.39 is 10.0 Å². The Labute approximate surface area is 182 Å². The first-order chi connectivity index (χ1) is 14.3. The van der Waals surface area contributed by atoms with Crippen molar-refractivity contribution in [2.75, 3.05) is 45.2 Å². The van der Waals surface area contributed by atoms with E-state index in [-0.39, 0.29) is 17.3 Å². The minimum absolute atomic E-state index is 0.181. The van der Waals surface area contributed by atoms with Crippen LogP contribution >= 0.6 is 11.6 Å². The summed E-state index contributed by atoms with van der Waals surface area (Å²) in [7, 11) is -1.62. The van der Waals surface area contributed by atoms with Gasteiger partial charge in [-0.1, -0.05) is 11.6 Å². The molecule has 1 N–H and O–H groups in total. The molecule has 1 heterocycles. The van der Waals surface area contributed by atoms with Crippen LogP contribution in [0.2, 0.25) is 5.02 Å². The van der Waals surface area contributed by atoms with Gasteiger partial charge in [0.2, 0.25) is 15.9 Å². The van der Waals surface area contributed by atoms with Gasteiger partial charge < -0.3 is 10.1 Å². The van der Waals surface area contributed by atoms with E-state index >= 15 is 0 Å². The van der Waals surface area contributed by atoms with E-state index in [4.69, 9.17) is 16.3 Å². The van der Waals surface area contributed by atoms with E-state index in [1.54, 1.807) is 36.4 Å². The van der Waals surface area contributed by atoms with Crippen molar-refractivity contribution >= 4 is 33.2 Å². The van der Waals surface area contributed by atoms with Crippen LogP contribution in [0, 0.1) is 0 Å². The number of sulfonamides is 1. The van der Waals surface area contributed by atoms with Gasteiger partial charge >= 0.3 is 0 Å². The Morgan fingerprint density at radius 3 is 2.37 bits per heavy atom. The number of carbonyl (C=O) groups excluding carboxylic acids is 1. The lowest BCUT2D eigenvalue weighted by atomic mass is 10.3. The summed E-state index contributed by atoms with van der Waals surface area (Å²) in [6, 6.07) is 13.4. The quantitative estimate of drug-likeness (QED) is 0.633. The Morgan fingerprint density at radius 2 is 1.73 bits per heavy atom. The second-order valence-corrected chi connectivity index (χ2v) is 9.60. The molecule has 0 atom stereocenters. The molecular weight excluding hydrogens is 426 g/mol. The number of carbonyl (C=O) groups is 1.